The highest BCUT2D eigenvalue weighted by molar-refractivity contribution is 5.64. The number of hydrogen-bond acceptors (Lipinski definition) is 3. The van der Waals surface area contributed by atoms with E-state index in [1.54, 1.807) is 0 Å². The highest BCUT2D eigenvalue weighted by Crippen LogP contribution is 2.23. The molecule has 84 valence electrons. The van der Waals surface area contributed by atoms with E-state index in [0.717, 1.165) is 6.07 Å². The Hall–Kier alpha value is -2.11. The summed E-state index contributed by atoms with van der Waals surface area (Å²) in [4.78, 5) is 19.7. The second-order valence-electron chi connectivity index (χ2n) is 2.89. The summed E-state index contributed by atoms with van der Waals surface area (Å²) in [7, 11) is 0. The van der Waals surface area contributed by atoms with Crippen molar-refractivity contribution in [3.05, 3.63) is 45.5 Å². The Morgan fingerprint density at radius 3 is 2.50 bits per heavy atom. The van der Waals surface area contributed by atoms with Gasteiger partial charge in [-0.05, 0) is 6.07 Å². The number of carbonyl (C=O) groups is 1. The van der Waals surface area contributed by atoms with Crippen molar-refractivity contribution in [2.45, 2.75) is 6.42 Å². The van der Waals surface area contributed by atoms with Crippen molar-refractivity contribution >= 4 is 18.0 Å². The van der Waals surface area contributed by atoms with Crippen LogP contribution in [0.4, 0.5) is 14.5 Å². The molecule has 1 aromatic rings. The van der Waals surface area contributed by atoms with E-state index in [9.17, 15) is 23.7 Å². The minimum absolute atomic E-state index is 0.0517. The summed E-state index contributed by atoms with van der Waals surface area (Å²) in [5, 5.41) is 10.5. The summed E-state index contributed by atoms with van der Waals surface area (Å²) >= 11 is 0. The fraction of sp³-hybridized carbons (Fsp3) is 0.100. The molecule has 0 atom stereocenters. The van der Waals surface area contributed by atoms with Gasteiger partial charge in [-0.3, -0.25) is 10.1 Å². The lowest BCUT2D eigenvalue weighted by atomic mass is 10.1. The molecule has 0 bridgehead atoms. The van der Waals surface area contributed by atoms with Gasteiger partial charge >= 0.3 is 0 Å². The van der Waals surface area contributed by atoms with Crippen LogP contribution in [0.15, 0.2) is 18.2 Å². The Labute approximate surface area is 89.3 Å². The molecular formula is C10H7F2NO3. The zero-order valence-corrected chi connectivity index (χ0v) is 8.02. The van der Waals surface area contributed by atoms with Gasteiger partial charge in [0.05, 0.1) is 16.6 Å². The fourth-order valence-electron chi connectivity index (χ4n) is 1.09. The lowest BCUT2D eigenvalue weighted by molar-refractivity contribution is -0.385. The van der Waals surface area contributed by atoms with Crippen LogP contribution in [0.2, 0.25) is 0 Å². The van der Waals surface area contributed by atoms with Crippen LogP contribution in [0.5, 0.6) is 0 Å². The number of hydrogen-bond donors (Lipinski definition) is 0. The number of rotatable bonds is 4. The second-order valence-corrected chi connectivity index (χ2v) is 2.89. The summed E-state index contributed by atoms with van der Waals surface area (Å²) in [5.41, 5.74) is -0.619. The number of benzene rings is 1. The SMILES string of the molecule is O=CCC=Cc1cc(F)c(F)cc1[N+](=O)[O-]. The number of nitrogens with zero attached hydrogens (tertiary/aromatic N) is 1. The molecule has 6 heteroatoms. The zero-order valence-electron chi connectivity index (χ0n) is 8.02. The van der Waals surface area contributed by atoms with Crippen molar-refractivity contribution in [3.63, 3.8) is 0 Å². The van der Waals surface area contributed by atoms with E-state index in [0.29, 0.717) is 12.4 Å². The third kappa shape index (κ3) is 2.69. The molecule has 4 nitrogen and oxygen atoms in total. The molecule has 1 rings (SSSR count). The number of halogens is 2. The van der Waals surface area contributed by atoms with Crippen molar-refractivity contribution in [2.24, 2.45) is 0 Å². The van der Waals surface area contributed by atoms with Gasteiger partial charge in [-0.25, -0.2) is 8.78 Å². The van der Waals surface area contributed by atoms with Gasteiger partial charge in [0.25, 0.3) is 5.69 Å². The molecule has 0 unspecified atom stereocenters. The first-order chi connectivity index (χ1) is 7.56. The van der Waals surface area contributed by atoms with Gasteiger partial charge in [0.2, 0.25) is 0 Å². The lowest BCUT2D eigenvalue weighted by Gasteiger charge is -1.98. The van der Waals surface area contributed by atoms with Crippen LogP contribution < -0.4 is 0 Å². The number of nitro groups is 1. The van der Waals surface area contributed by atoms with Crippen LogP contribution >= 0.6 is 0 Å². The maximum atomic E-state index is 12.8. The van der Waals surface area contributed by atoms with Crippen molar-refractivity contribution in [2.75, 3.05) is 0 Å². The Morgan fingerprint density at radius 2 is 1.94 bits per heavy atom. The first-order valence-corrected chi connectivity index (χ1v) is 4.30. The molecule has 0 saturated heterocycles. The predicted molar refractivity (Wildman–Crippen MR) is 52.7 cm³/mol. The van der Waals surface area contributed by atoms with Crippen molar-refractivity contribution in [1.29, 1.82) is 0 Å². The van der Waals surface area contributed by atoms with Gasteiger partial charge < -0.3 is 4.79 Å². The maximum Gasteiger partial charge on any atom is 0.279 e. The number of allylic oxidation sites excluding steroid dienone is 1. The standard InChI is InChI=1S/C10H7F2NO3/c11-8-5-7(3-1-2-4-14)10(13(15)16)6-9(8)12/h1,3-6H,2H2. The summed E-state index contributed by atoms with van der Waals surface area (Å²) in [6, 6.07) is 1.23. The summed E-state index contributed by atoms with van der Waals surface area (Å²) in [6.07, 6.45) is 3.17. The van der Waals surface area contributed by atoms with Gasteiger partial charge in [-0.15, -0.1) is 0 Å². The van der Waals surface area contributed by atoms with E-state index in [-0.39, 0.29) is 12.0 Å². The number of carbonyl (C=O) groups excluding carboxylic acids is 1. The van der Waals surface area contributed by atoms with Crippen molar-refractivity contribution < 1.29 is 18.5 Å². The minimum Gasteiger partial charge on any atom is -0.303 e. The third-order valence-electron chi connectivity index (χ3n) is 1.80. The van der Waals surface area contributed by atoms with Gasteiger partial charge in [-0.1, -0.05) is 12.2 Å². The van der Waals surface area contributed by atoms with Crippen LogP contribution in [-0.2, 0) is 4.79 Å². The summed E-state index contributed by atoms with van der Waals surface area (Å²) < 4.78 is 25.6. The van der Waals surface area contributed by atoms with E-state index < -0.39 is 22.2 Å². The molecule has 0 heterocycles. The summed E-state index contributed by atoms with van der Waals surface area (Å²) in [5.74, 6) is -2.45. The molecule has 0 aliphatic rings. The molecule has 0 aliphatic carbocycles. The van der Waals surface area contributed by atoms with Gasteiger partial charge in [0, 0.05) is 6.42 Å². The normalized spacial score (nSPS) is 10.6. The highest BCUT2D eigenvalue weighted by atomic mass is 19.2. The highest BCUT2D eigenvalue weighted by Gasteiger charge is 2.16. The average Bonchev–Trinajstić information content (AvgIpc) is 2.23. The first-order valence-electron chi connectivity index (χ1n) is 4.30. The quantitative estimate of drug-likeness (QED) is 0.451. The third-order valence-corrected chi connectivity index (χ3v) is 1.80. The number of aldehydes is 1. The lowest BCUT2D eigenvalue weighted by Crippen LogP contribution is -1.95. The molecule has 0 spiro atoms. The fourth-order valence-corrected chi connectivity index (χ4v) is 1.09. The molecule has 0 amide bonds. The predicted octanol–water partition coefficient (Wildman–Crippen LogP) is 2.48. The van der Waals surface area contributed by atoms with Gasteiger partial charge in [-0.2, -0.15) is 0 Å². The molecule has 0 aromatic heterocycles. The molecule has 0 aliphatic heterocycles. The minimum atomic E-state index is -1.28. The molecule has 0 saturated carbocycles. The number of nitro benzene ring substituents is 1. The molecule has 0 N–H and O–H groups in total. The Balaban J connectivity index is 3.19. The van der Waals surface area contributed by atoms with Gasteiger partial charge in [0.1, 0.15) is 6.29 Å². The van der Waals surface area contributed by atoms with Gasteiger partial charge in [0.15, 0.2) is 11.6 Å². The van der Waals surface area contributed by atoms with Crippen LogP contribution in [0, 0.1) is 21.7 Å². The molecule has 1 aromatic carbocycles. The van der Waals surface area contributed by atoms with E-state index >= 15 is 0 Å². The van der Waals surface area contributed by atoms with Crippen LogP contribution in [0.25, 0.3) is 6.08 Å². The molecule has 0 radical (unpaired) electrons. The Morgan fingerprint density at radius 1 is 1.31 bits per heavy atom. The van der Waals surface area contributed by atoms with Crippen LogP contribution in [0.1, 0.15) is 12.0 Å². The Kier molecular flexibility index (Phi) is 3.82. The smallest absolute Gasteiger partial charge is 0.279 e. The van der Waals surface area contributed by atoms with Crippen LogP contribution in [0.3, 0.4) is 0 Å². The topological polar surface area (TPSA) is 60.2 Å². The maximum absolute atomic E-state index is 12.8. The van der Waals surface area contributed by atoms with Crippen LogP contribution in [-0.4, -0.2) is 11.2 Å². The second kappa shape index (κ2) is 5.11. The Bertz CT molecular complexity index is 458. The van der Waals surface area contributed by atoms with E-state index in [4.69, 9.17) is 0 Å². The molecule has 16 heavy (non-hydrogen) atoms. The van der Waals surface area contributed by atoms with E-state index in [1.165, 1.54) is 12.2 Å². The molecular weight excluding hydrogens is 220 g/mol. The zero-order chi connectivity index (χ0) is 12.1. The van der Waals surface area contributed by atoms with E-state index in [2.05, 4.69) is 0 Å². The molecule has 0 fully saturated rings. The summed E-state index contributed by atoms with van der Waals surface area (Å²) in [6.45, 7) is 0. The monoisotopic (exact) mass is 227 g/mol. The van der Waals surface area contributed by atoms with Crippen molar-refractivity contribution in [1.82, 2.24) is 0 Å². The first kappa shape index (κ1) is 12.0. The largest absolute Gasteiger partial charge is 0.303 e. The average molecular weight is 227 g/mol. The van der Waals surface area contributed by atoms with E-state index in [1.807, 2.05) is 0 Å². The van der Waals surface area contributed by atoms with Crippen molar-refractivity contribution in [3.8, 4) is 0 Å².